The first-order chi connectivity index (χ1) is 13.2. The van der Waals surface area contributed by atoms with E-state index in [0.29, 0.717) is 31.4 Å². The average Bonchev–Trinajstić information content (AvgIpc) is 3.45. The SMILES string of the molecule is Cc1cc([C@@H]2CN(C(=O)c3cccc(C4CC4)c3)CCO2)n2ncnc2n1. The van der Waals surface area contributed by atoms with Crippen molar-refractivity contribution in [1.82, 2.24) is 24.5 Å². The van der Waals surface area contributed by atoms with Crippen LogP contribution in [0.4, 0.5) is 0 Å². The van der Waals surface area contributed by atoms with Gasteiger partial charge in [-0.1, -0.05) is 12.1 Å². The Morgan fingerprint density at radius 1 is 1.26 bits per heavy atom. The number of morpholine rings is 1. The predicted molar refractivity (Wildman–Crippen MR) is 98.5 cm³/mol. The van der Waals surface area contributed by atoms with Crippen molar-refractivity contribution in [3.05, 3.63) is 59.2 Å². The minimum Gasteiger partial charge on any atom is -0.368 e. The zero-order chi connectivity index (χ0) is 18.4. The number of fused-ring (bicyclic) bond motifs is 1. The lowest BCUT2D eigenvalue weighted by atomic mass is 10.1. The molecule has 1 saturated carbocycles. The number of benzene rings is 1. The Morgan fingerprint density at radius 3 is 3.00 bits per heavy atom. The van der Waals surface area contributed by atoms with Crippen molar-refractivity contribution in [1.29, 1.82) is 0 Å². The second kappa shape index (κ2) is 6.42. The molecule has 27 heavy (non-hydrogen) atoms. The lowest BCUT2D eigenvalue weighted by Gasteiger charge is -2.33. The topological polar surface area (TPSA) is 72.6 Å². The lowest BCUT2D eigenvalue weighted by Crippen LogP contribution is -2.42. The van der Waals surface area contributed by atoms with Crippen molar-refractivity contribution >= 4 is 11.7 Å². The number of rotatable bonds is 3. The summed E-state index contributed by atoms with van der Waals surface area (Å²) >= 11 is 0. The van der Waals surface area contributed by atoms with Crippen molar-refractivity contribution in [2.75, 3.05) is 19.7 Å². The molecule has 1 aliphatic heterocycles. The number of ether oxygens (including phenoxy) is 1. The van der Waals surface area contributed by atoms with E-state index in [-0.39, 0.29) is 12.0 Å². The minimum absolute atomic E-state index is 0.0615. The summed E-state index contributed by atoms with van der Waals surface area (Å²) in [5.41, 5.74) is 3.77. The third-order valence-corrected chi connectivity index (χ3v) is 5.27. The van der Waals surface area contributed by atoms with Crippen LogP contribution in [0.5, 0.6) is 0 Å². The molecule has 0 N–H and O–H groups in total. The van der Waals surface area contributed by atoms with Crippen molar-refractivity contribution in [3.8, 4) is 0 Å². The Balaban J connectivity index is 1.41. The molecule has 0 unspecified atom stereocenters. The molecule has 1 aromatic carbocycles. The van der Waals surface area contributed by atoms with Gasteiger partial charge in [0.15, 0.2) is 0 Å². The average molecular weight is 363 g/mol. The molecule has 2 aliphatic rings. The van der Waals surface area contributed by atoms with Crippen LogP contribution in [0.3, 0.4) is 0 Å². The summed E-state index contributed by atoms with van der Waals surface area (Å²) in [5, 5.41) is 4.26. The second-order valence-electron chi connectivity index (χ2n) is 7.30. The van der Waals surface area contributed by atoms with Crippen LogP contribution in [-0.2, 0) is 4.74 Å². The minimum atomic E-state index is -0.250. The number of aryl methyl sites for hydroxylation is 1. The number of aromatic nitrogens is 4. The fourth-order valence-electron chi connectivity index (χ4n) is 3.73. The molecule has 0 spiro atoms. The maximum atomic E-state index is 13.1. The van der Waals surface area contributed by atoms with Crippen LogP contribution < -0.4 is 0 Å². The molecule has 1 saturated heterocycles. The highest BCUT2D eigenvalue weighted by molar-refractivity contribution is 5.94. The summed E-state index contributed by atoms with van der Waals surface area (Å²) in [6, 6.07) is 10.0. The van der Waals surface area contributed by atoms with E-state index in [1.807, 2.05) is 30.0 Å². The monoisotopic (exact) mass is 363 g/mol. The quantitative estimate of drug-likeness (QED) is 0.715. The van der Waals surface area contributed by atoms with Crippen LogP contribution in [0.25, 0.3) is 5.78 Å². The number of nitrogens with zero attached hydrogens (tertiary/aromatic N) is 5. The first-order valence-corrected chi connectivity index (χ1v) is 9.37. The molecule has 3 aromatic rings. The zero-order valence-electron chi connectivity index (χ0n) is 15.2. The molecule has 2 aromatic heterocycles. The Bertz CT molecular complexity index is 1010. The van der Waals surface area contributed by atoms with Crippen molar-refractivity contribution in [2.45, 2.75) is 31.8 Å². The molecule has 0 bridgehead atoms. The van der Waals surface area contributed by atoms with E-state index in [4.69, 9.17) is 4.74 Å². The van der Waals surface area contributed by atoms with Crippen molar-refractivity contribution in [2.24, 2.45) is 0 Å². The normalized spacial score (nSPS) is 20.2. The fourth-order valence-corrected chi connectivity index (χ4v) is 3.73. The van der Waals surface area contributed by atoms with Crippen LogP contribution in [-0.4, -0.2) is 50.1 Å². The van der Waals surface area contributed by atoms with Gasteiger partial charge in [-0.15, -0.1) is 0 Å². The predicted octanol–water partition coefficient (Wildman–Crippen LogP) is 2.52. The molecule has 0 radical (unpaired) electrons. The van der Waals surface area contributed by atoms with E-state index in [1.165, 1.54) is 24.7 Å². The van der Waals surface area contributed by atoms with E-state index >= 15 is 0 Å². The van der Waals surface area contributed by atoms with E-state index < -0.39 is 0 Å². The summed E-state index contributed by atoms with van der Waals surface area (Å²) in [5.74, 6) is 1.25. The molecule has 2 fully saturated rings. The standard InChI is InChI=1S/C20H21N5O2/c1-13-9-17(25-20(23-13)21-12-22-25)18-11-24(7-8-27-18)19(26)16-4-2-3-15(10-16)14-5-6-14/h2-4,9-10,12,14,18H,5-8,11H2,1H3/t18-/m0/s1. The Morgan fingerprint density at radius 2 is 2.15 bits per heavy atom. The molecule has 3 heterocycles. The van der Waals surface area contributed by atoms with E-state index in [2.05, 4.69) is 27.2 Å². The molecular formula is C20H21N5O2. The molecule has 1 amide bonds. The zero-order valence-corrected chi connectivity index (χ0v) is 15.2. The third kappa shape index (κ3) is 3.08. The van der Waals surface area contributed by atoms with Crippen molar-refractivity contribution < 1.29 is 9.53 Å². The van der Waals surface area contributed by atoms with Gasteiger partial charge in [0.1, 0.15) is 12.4 Å². The van der Waals surface area contributed by atoms with Crippen LogP contribution in [0, 0.1) is 6.92 Å². The maximum absolute atomic E-state index is 13.1. The summed E-state index contributed by atoms with van der Waals surface area (Å²) in [7, 11) is 0. The summed E-state index contributed by atoms with van der Waals surface area (Å²) in [6.45, 7) is 3.50. The lowest BCUT2D eigenvalue weighted by molar-refractivity contribution is -0.0257. The van der Waals surface area contributed by atoms with Gasteiger partial charge in [0, 0.05) is 17.8 Å². The van der Waals surface area contributed by atoms with Crippen LogP contribution in [0.2, 0.25) is 0 Å². The van der Waals surface area contributed by atoms with Gasteiger partial charge in [-0.3, -0.25) is 4.79 Å². The summed E-state index contributed by atoms with van der Waals surface area (Å²) in [6.07, 6.45) is 3.69. The van der Waals surface area contributed by atoms with Gasteiger partial charge in [-0.05, 0) is 49.4 Å². The Hall–Kier alpha value is -2.80. The van der Waals surface area contributed by atoms with Gasteiger partial charge in [-0.2, -0.15) is 14.6 Å². The first-order valence-electron chi connectivity index (χ1n) is 9.37. The Kier molecular flexibility index (Phi) is 3.89. The van der Waals surface area contributed by atoms with Crippen LogP contribution >= 0.6 is 0 Å². The van der Waals surface area contributed by atoms with Crippen LogP contribution in [0.15, 0.2) is 36.7 Å². The molecule has 1 aliphatic carbocycles. The van der Waals surface area contributed by atoms with Gasteiger partial charge in [0.2, 0.25) is 0 Å². The number of hydrogen-bond acceptors (Lipinski definition) is 5. The second-order valence-corrected chi connectivity index (χ2v) is 7.30. The number of carbonyl (C=O) groups excluding carboxylic acids is 1. The number of amides is 1. The highest BCUT2D eigenvalue weighted by atomic mass is 16.5. The van der Waals surface area contributed by atoms with Crippen LogP contribution in [0.1, 0.15) is 52.2 Å². The van der Waals surface area contributed by atoms with Gasteiger partial charge in [0.05, 0.1) is 18.8 Å². The molecule has 7 heteroatoms. The smallest absolute Gasteiger partial charge is 0.254 e. The molecule has 1 atom stereocenters. The highest BCUT2D eigenvalue weighted by Gasteiger charge is 2.29. The van der Waals surface area contributed by atoms with E-state index in [1.54, 1.807) is 4.52 Å². The van der Waals surface area contributed by atoms with E-state index in [0.717, 1.165) is 17.0 Å². The van der Waals surface area contributed by atoms with Gasteiger partial charge in [-0.25, -0.2) is 4.98 Å². The molecular weight excluding hydrogens is 342 g/mol. The largest absolute Gasteiger partial charge is 0.368 e. The number of hydrogen-bond donors (Lipinski definition) is 0. The Labute approximate surface area is 157 Å². The molecule has 5 rings (SSSR count). The van der Waals surface area contributed by atoms with Gasteiger partial charge in [0.25, 0.3) is 11.7 Å². The first kappa shape index (κ1) is 16.4. The molecule has 7 nitrogen and oxygen atoms in total. The maximum Gasteiger partial charge on any atom is 0.254 e. The van der Waals surface area contributed by atoms with Gasteiger partial charge < -0.3 is 9.64 Å². The summed E-state index contributed by atoms with van der Waals surface area (Å²) in [4.78, 5) is 23.5. The van der Waals surface area contributed by atoms with Crippen molar-refractivity contribution in [3.63, 3.8) is 0 Å². The van der Waals surface area contributed by atoms with E-state index in [9.17, 15) is 4.79 Å². The third-order valence-electron chi connectivity index (χ3n) is 5.27. The highest BCUT2D eigenvalue weighted by Crippen LogP contribution is 2.40. The number of carbonyl (C=O) groups is 1. The van der Waals surface area contributed by atoms with Gasteiger partial charge >= 0.3 is 0 Å². The fraction of sp³-hybridized carbons (Fsp3) is 0.400. The molecule has 138 valence electrons. The summed E-state index contributed by atoms with van der Waals surface area (Å²) < 4.78 is 7.67.